The monoisotopic (exact) mass is 333 g/mol. The number of aromatic nitrogens is 1. The Balaban J connectivity index is 1.85. The Hall–Kier alpha value is -0.360. The van der Waals surface area contributed by atoms with Gasteiger partial charge in [-0.15, -0.1) is 0 Å². The Morgan fingerprint density at radius 2 is 2.56 bits per heavy atom. The van der Waals surface area contributed by atoms with Gasteiger partial charge in [-0.1, -0.05) is 11.6 Å². The third kappa shape index (κ3) is 4.09. The summed E-state index contributed by atoms with van der Waals surface area (Å²) in [7, 11) is 0. The standard InChI is InChI=1S/C12H17BrClN3O/c1-8(4-10-7-18-3-2-15-10)17-9-5-11(13)12(14)16-6-9/h5-6,8,10,15,17H,2-4,7H2,1H3. The van der Waals surface area contributed by atoms with E-state index in [-0.39, 0.29) is 0 Å². The van der Waals surface area contributed by atoms with Crippen LogP contribution in [0.5, 0.6) is 0 Å². The van der Waals surface area contributed by atoms with Crippen LogP contribution in [0.4, 0.5) is 5.69 Å². The predicted octanol–water partition coefficient (Wildman–Crippen LogP) is 2.68. The van der Waals surface area contributed by atoms with Gasteiger partial charge >= 0.3 is 0 Å². The molecular weight excluding hydrogens is 318 g/mol. The highest BCUT2D eigenvalue weighted by Gasteiger charge is 2.16. The maximum absolute atomic E-state index is 5.86. The summed E-state index contributed by atoms with van der Waals surface area (Å²) in [6.45, 7) is 4.69. The molecule has 1 aliphatic rings. The fourth-order valence-corrected chi connectivity index (χ4v) is 2.49. The van der Waals surface area contributed by atoms with E-state index < -0.39 is 0 Å². The summed E-state index contributed by atoms with van der Waals surface area (Å²) in [5, 5.41) is 7.34. The minimum absolute atomic E-state index is 0.346. The molecule has 2 rings (SSSR count). The zero-order valence-electron chi connectivity index (χ0n) is 10.2. The molecule has 0 amide bonds. The van der Waals surface area contributed by atoms with Gasteiger partial charge in [-0.3, -0.25) is 0 Å². The molecular formula is C12H17BrClN3O. The van der Waals surface area contributed by atoms with Crippen LogP contribution in [0, 0.1) is 0 Å². The molecule has 1 fully saturated rings. The number of pyridine rings is 1. The Morgan fingerprint density at radius 3 is 3.22 bits per heavy atom. The summed E-state index contributed by atoms with van der Waals surface area (Å²) in [5.74, 6) is 0. The molecule has 0 spiro atoms. The molecule has 0 aliphatic carbocycles. The minimum atomic E-state index is 0.346. The second kappa shape index (κ2) is 6.70. The van der Waals surface area contributed by atoms with Crippen molar-refractivity contribution in [3.05, 3.63) is 21.9 Å². The molecule has 2 N–H and O–H groups in total. The lowest BCUT2D eigenvalue weighted by atomic mass is 10.1. The molecule has 1 aromatic rings. The van der Waals surface area contributed by atoms with Gasteiger partial charge in [0.25, 0.3) is 0 Å². The molecule has 0 saturated carbocycles. The van der Waals surface area contributed by atoms with E-state index in [4.69, 9.17) is 16.3 Å². The molecule has 1 aromatic heterocycles. The number of halogens is 2. The molecule has 0 bridgehead atoms. The van der Waals surface area contributed by atoms with Gasteiger partial charge in [-0.2, -0.15) is 0 Å². The molecule has 0 aromatic carbocycles. The zero-order chi connectivity index (χ0) is 13.0. The SMILES string of the molecule is CC(CC1COCCN1)Nc1cnc(Cl)c(Br)c1. The number of nitrogens with one attached hydrogen (secondary N) is 2. The normalized spacial score (nSPS) is 21.6. The first-order valence-electron chi connectivity index (χ1n) is 6.04. The quantitative estimate of drug-likeness (QED) is 0.831. The highest BCUT2D eigenvalue weighted by molar-refractivity contribution is 9.10. The largest absolute Gasteiger partial charge is 0.381 e. The van der Waals surface area contributed by atoms with Crippen LogP contribution in [-0.4, -0.2) is 36.8 Å². The molecule has 6 heteroatoms. The Bertz CT molecular complexity index is 399. The first kappa shape index (κ1) is 14.1. The Morgan fingerprint density at radius 1 is 1.72 bits per heavy atom. The Kier molecular flexibility index (Phi) is 5.24. The Labute approximate surface area is 121 Å². The van der Waals surface area contributed by atoms with E-state index in [1.54, 1.807) is 6.20 Å². The van der Waals surface area contributed by atoms with Crippen molar-refractivity contribution in [1.82, 2.24) is 10.3 Å². The highest BCUT2D eigenvalue weighted by Crippen LogP contribution is 2.23. The molecule has 1 aliphatic heterocycles. The third-order valence-corrected chi connectivity index (χ3v) is 3.98. The van der Waals surface area contributed by atoms with E-state index in [9.17, 15) is 0 Å². The average molecular weight is 335 g/mol. The van der Waals surface area contributed by atoms with Crippen molar-refractivity contribution in [3.63, 3.8) is 0 Å². The van der Waals surface area contributed by atoms with Crippen LogP contribution in [0.15, 0.2) is 16.7 Å². The second-order valence-electron chi connectivity index (χ2n) is 4.50. The van der Waals surface area contributed by atoms with Gasteiger partial charge in [-0.05, 0) is 35.3 Å². The van der Waals surface area contributed by atoms with E-state index in [1.165, 1.54) is 0 Å². The van der Waals surface area contributed by atoms with Crippen molar-refractivity contribution in [3.8, 4) is 0 Å². The van der Waals surface area contributed by atoms with Crippen LogP contribution >= 0.6 is 27.5 Å². The third-order valence-electron chi connectivity index (χ3n) is 2.85. The van der Waals surface area contributed by atoms with E-state index in [0.29, 0.717) is 17.2 Å². The maximum Gasteiger partial charge on any atom is 0.143 e. The lowest BCUT2D eigenvalue weighted by molar-refractivity contribution is 0.0731. The molecule has 2 unspecified atom stereocenters. The van der Waals surface area contributed by atoms with Gasteiger partial charge in [0.05, 0.1) is 29.6 Å². The molecule has 100 valence electrons. The smallest absolute Gasteiger partial charge is 0.143 e. The number of anilines is 1. The van der Waals surface area contributed by atoms with Gasteiger partial charge in [0.2, 0.25) is 0 Å². The second-order valence-corrected chi connectivity index (χ2v) is 5.72. The molecule has 4 nitrogen and oxygen atoms in total. The summed E-state index contributed by atoms with van der Waals surface area (Å²) in [6, 6.07) is 2.71. The van der Waals surface area contributed by atoms with Crippen molar-refractivity contribution in [1.29, 1.82) is 0 Å². The van der Waals surface area contributed by atoms with E-state index in [1.807, 2.05) is 6.07 Å². The summed E-state index contributed by atoms with van der Waals surface area (Å²) >= 11 is 9.23. The molecule has 18 heavy (non-hydrogen) atoms. The van der Waals surface area contributed by atoms with Crippen LogP contribution in [0.2, 0.25) is 5.15 Å². The predicted molar refractivity (Wildman–Crippen MR) is 77.3 cm³/mol. The number of nitrogens with zero attached hydrogens (tertiary/aromatic N) is 1. The van der Waals surface area contributed by atoms with E-state index in [2.05, 4.69) is 38.5 Å². The fraction of sp³-hybridized carbons (Fsp3) is 0.583. The topological polar surface area (TPSA) is 46.2 Å². The molecule has 2 heterocycles. The lowest BCUT2D eigenvalue weighted by Gasteiger charge is -2.27. The average Bonchev–Trinajstić information content (AvgIpc) is 2.35. The van der Waals surface area contributed by atoms with Crippen LogP contribution in [-0.2, 0) is 4.74 Å². The van der Waals surface area contributed by atoms with Gasteiger partial charge < -0.3 is 15.4 Å². The van der Waals surface area contributed by atoms with Crippen LogP contribution < -0.4 is 10.6 Å². The number of hydrogen-bond donors (Lipinski definition) is 2. The fourth-order valence-electron chi connectivity index (χ4n) is 2.04. The van der Waals surface area contributed by atoms with Crippen LogP contribution in [0.25, 0.3) is 0 Å². The molecule has 2 atom stereocenters. The molecule has 1 saturated heterocycles. The summed E-state index contributed by atoms with van der Waals surface area (Å²) in [5.41, 5.74) is 0.968. The summed E-state index contributed by atoms with van der Waals surface area (Å²) in [6.07, 6.45) is 2.76. The van der Waals surface area contributed by atoms with Gasteiger partial charge in [0.1, 0.15) is 5.15 Å². The highest BCUT2D eigenvalue weighted by atomic mass is 79.9. The van der Waals surface area contributed by atoms with E-state index >= 15 is 0 Å². The van der Waals surface area contributed by atoms with Crippen LogP contribution in [0.3, 0.4) is 0 Å². The summed E-state index contributed by atoms with van der Waals surface area (Å²) in [4.78, 5) is 4.09. The molecule has 0 radical (unpaired) electrons. The van der Waals surface area contributed by atoms with Crippen molar-refractivity contribution in [2.45, 2.75) is 25.4 Å². The zero-order valence-corrected chi connectivity index (χ0v) is 12.6. The van der Waals surface area contributed by atoms with Crippen molar-refractivity contribution < 1.29 is 4.74 Å². The van der Waals surface area contributed by atoms with Crippen molar-refractivity contribution >= 4 is 33.2 Å². The number of ether oxygens (including phenoxy) is 1. The van der Waals surface area contributed by atoms with E-state index in [0.717, 1.165) is 36.3 Å². The van der Waals surface area contributed by atoms with Gasteiger partial charge in [-0.25, -0.2) is 4.98 Å². The van der Waals surface area contributed by atoms with Gasteiger partial charge in [0, 0.05) is 18.6 Å². The van der Waals surface area contributed by atoms with Crippen LogP contribution in [0.1, 0.15) is 13.3 Å². The number of morpholine rings is 1. The van der Waals surface area contributed by atoms with Crippen molar-refractivity contribution in [2.24, 2.45) is 0 Å². The lowest BCUT2D eigenvalue weighted by Crippen LogP contribution is -2.43. The first-order chi connectivity index (χ1) is 8.65. The first-order valence-corrected chi connectivity index (χ1v) is 7.21. The number of hydrogen-bond acceptors (Lipinski definition) is 4. The van der Waals surface area contributed by atoms with Crippen molar-refractivity contribution in [2.75, 3.05) is 25.1 Å². The number of rotatable bonds is 4. The van der Waals surface area contributed by atoms with Gasteiger partial charge in [0.15, 0.2) is 0 Å². The summed E-state index contributed by atoms with van der Waals surface area (Å²) < 4.78 is 6.25. The minimum Gasteiger partial charge on any atom is -0.381 e. The maximum atomic E-state index is 5.86.